The number of aromatic nitrogens is 1. The number of nitrogens with zero attached hydrogens (tertiary/aromatic N) is 1. The summed E-state index contributed by atoms with van der Waals surface area (Å²) in [5, 5.41) is 0. The van der Waals surface area contributed by atoms with Crippen LogP contribution in [-0.4, -0.2) is 16.8 Å². The van der Waals surface area contributed by atoms with E-state index in [1.54, 1.807) is 0 Å². The van der Waals surface area contributed by atoms with Crippen LogP contribution in [0.3, 0.4) is 0 Å². The van der Waals surface area contributed by atoms with Gasteiger partial charge in [0.1, 0.15) is 0 Å². The van der Waals surface area contributed by atoms with Gasteiger partial charge in [-0.3, -0.25) is 9.78 Å². The number of pyridine rings is 1. The molecule has 0 amide bonds. The van der Waals surface area contributed by atoms with E-state index in [1.165, 1.54) is 12.3 Å². The molecule has 1 fully saturated rings. The summed E-state index contributed by atoms with van der Waals surface area (Å²) >= 11 is 0. The molecule has 86 valence electrons. The summed E-state index contributed by atoms with van der Waals surface area (Å²) in [6.45, 7) is 0. The second-order valence-corrected chi connectivity index (χ2v) is 4.33. The summed E-state index contributed by atoms with van der Waals surface area (Å²) in [6, 6.07) is 1.65. The van der Waals surface area contributed by atoms with Crippen molar-refractivity contribution < 1.29 is 9.18 Å². The summed E-state index contributed by atoms with van der Waals surface area (Å²) in [5.74, 6) is -0.703. The highest BCUT2D eigenvalue weighted by atomic mass is 19.1. The van der Waals surface area contributed by atoms with Crippen molar-refractivity contribution in [2.75, 3.05) is 0 Å². The van der Waals surface area contributed by atoms with E-state index in [9.17, 15) is 9.18 Å². The van der Waals surface area contributed by atoms with E-state index in [4.69, 9.17) is 5.73 Å². The zero-order valence-corrected chi connectivity index (χ0v) is 9.03. The Morgan fingerprint density at radius 2 is 2.06 bits per heavy atom. The zero-order valence-electron chi connectivity index (χ0n) is 9.03. The lowest BCUT2D eigenvalue weighted by atomic mass is 9.82. The smallest absolute Gasteiger partial charge is 0.168 e. The van der Waals surface area contributed by atoms with Crippen LogP contribution in [0, 0.1) is 11.7 Å². The maximum absolute atomic E-state index is 13.4. The van der Waals surface area contributed by atoms with Crippen molar-refractivity contribution in [3.8, 4) is 0 Å². The van der Waals surface area contributed by atoms with Crippen LogP contribution in [0.15, 0.2) is 18.5 Å². The third kappa shape index (κ3) is 2.27. The van der Waals surface area contributed by atoms with Crippen LogP contribution in [0.25, 0.3) is 0 Å². The van der Waals surface area contributed by atoms with Crippen LogP contribution in [0.2, 0.25) is 0 Å². The lowest BCUT2D eigenvalue weighted by molar-refractivity contribution is 0.0880. The molecular weight excluding hydrogens is 207 g/mol. The van der Waals surface area contributed by atoms with Crippen molar-refractivity contribution in [2.45, 2.75) is 31.7 Å². The van der Waals surface area contributed by atoms with Gasteiger partial charge in [-0.15, -0.1) is 0 Å². The van der Waals surface area contributed by atoms with E-state index in [2.05, 4.69) is 4.98 Å². The number of carbonyl (C=O) groups excluding carboxylic acids is 1. The number of carbonyl (C=O) groups is 1. The first-order chi connectivity index (χ1) is 7.68. The molecule has 4 heteroatoms. The fourth-order valence-corrected chi connectivity index (χ4v) is 2.18. The molecule has 1 aromatic heterocycles. The van der Waals surface area contributed by atoms with E-state index in [0.29, 0.717) is 0 Å². The van der Waals surface area contributed by atoms with Gasteiger partial charge in [-0.05, 0) is 31.7 Å². The molecule has 16 heavy (non-hydrogen) atoms. The molecule has 1 saturated carbocycles. The Morgan fingerprint density at radius 3 is 2.69 bits per heavy atom. The molecule has 0 spiro atoms. The number of hydrogen-bond acceptors (Lipinski definition) is 3. The molecule has 2 rings (SSSR count). The quantitative estimate of drug-likeness (QED) is 0.778. The van der Waals surface area contributed by atoms with Gasteiger partial charge >= 0.3 is 0 Å². The molecule has 0 aromatic carbocycles. The van der Waals surface area contributed by atoms with Gasteiger partial charge in [0.2, 0.25) is 0 Å². The number of halogens is 1. The third-order valence-corrected chi connectivity index (χ3v) is 3.18. The first kappa shape index (κ1) is 11.2. The second-order valence-electron chi connectivity index (χ2n) is 4.33. The molecule has 0 atom stereocenters. The summed E-state index contributed by atoms with van der Waals surface area (Å²) in [4.78, 5) is 15.7. The van der Waals surface area contributed by atoms with Crippen LogP contribution >= 0.6 is 0 Å². The van der Waals surface area contributed by atoms with Gasteiger partial charge in [-0.25, -0.2) is 4.39 Å². The summed E-state index contributed by atoms with van der Waals surface area (Å²) < 4.78 is 13.4. The van der Waals surface area contributed by atoms with Crippen molar-refractivity contribution >= 4 is 5.78 Å². The summed E-state index contributed by atoms with van der Waals surface area (Å²) in [6.07, 6.45) is 5.77. The second kappa shape index (κ2) is 4.70. The number of ketones is 1. The van der Waals surface area contributed by atoms with E-state index in [0.717, 1.165) is 31.9 Å². The minimum atomic E-state index is -0.526. The van der Waals surface area contributed by atoms with Crippen LogP contribution < -0.4 is 5.73 Å². The highest BCUT2D eigenvalue weighted by Crippen LogP contribution is 2.26. The Bertz CT molecular complexity index is 386. The molecule has 0 unspecified atom stereocenters. The van der Waals surface area contributed by atoms with Gasteiger partial charge in [0.25, 0.3) is 0 Å². The molecule has 1 aliphatic carbocycles. The van der Waals surface area contributed by atoms with Gasteiger partial charge in [0, 0.05) is 18.2 Å². The van der Waals surface area contributed by atoms with Gasteiger partial charge in [-0.2, -0.15) is 0 Å². The highest BCUT2D eigenvalue weighted by Gasteiger charge is 2.26. The number of Topliss-reactive ketones (excluding diaryl/α,β-unsaturated/α-hetero) is 1. The highest BCUT2D eigenvalue weighted by molar-refractivity contribution is 5.98. The van der Waals surface area contributed by atoms with Gasteiger partial charge < -0.3 is 5.73 Å². The number of nitrogens with two attached hydrogens (primary N) is 1. The molecule has 1 aromatic rings. The molecule has 1 aliphatic rings. The predicted molar refractivity (Wildman–Crippen MR) is 58.5 cm³/mol. The molecule has 3 nitrogen and oxygen atoms in total. The van der Waals surface area contributed by atoms with Crippen molar-refractivity contribution in [2.24, 2.45) is 11.7 Å². The average Bonchev–Trinajstić information content (AvgIpc) is 2.30. The van der Waals surface area contributed by atoms with Crippen molar-refractivity contribution in [1.29, 1.82) is 0 Å². The Balaban J connectivity index is 2.11. The molecule has 0 radical (unpaired) electrons. The maximum Gasteiger partial charge on any atom is 0.168 e. The molecule has 1 heterocycles. The van der Waals surface area contributed by atoms with Crippen LogP contribution in [0.4, 0.5) is 4.39 Å². The first-order valence-corrected chi connectivity index (χ1v) is 5.58. The van der Waals surface area contributed by atoms with E-state index < -0.39 is 5.82 Å². The first-order valence-electron chi connectivity index (χ1n) is 5.58. The summed E-state index contributed by atoms with van der Waals surface area (Å²) in [7, 11) is 0. The minimum Gasteiger partial charge on any atom is -0.328 e. The average molecular weight is 222 g/mol. The van der Waals surface area contributed by atoms with Crippen LogP contribution in [-0.2, 0) is 0 Å². The van der Waals surface area contributed by atoms with E-state index in [-0.39, 0.29) is 23.3 Å². The maximum atomic E-state index is 13.4. The lowest BCUT2D eigenvalue weighted by Crippen LogP contribution is -2.30. The van der Waals surface area contributed by atoms with E-state index in [1.807, 2.05) is 0 Å². The Labute approximate surface area is 93.9 Å². The SMILES string of the molecule is NC1CCC(C(=O)c2ccncc2F)CC1. The van der Waals surface area contributed by atoms with Crippen molar-refractivity contribution in [3.05, 3.63) is 29.8 Å². The topological polar surface area (TPSA) is 56.0 Å². The third-order valence-electron chi connectivity index (χ3n) is 3.18. The summed E-state index contributed by atoms with van der Waals surface area (Å²) in [5.41, 5.74) is 5.93. The Kier molecular flexibility index (Phi) is 3.29. The number of hydrogen-bond donors (Lipinski definition) is 1. The molecular formula is C12H15FN2O. The molecule has 0 aliphatic heterocycles. The minimum absolute atomic E-state index is 0.0725. The molecule has 2 N–H and O–H groups in total. The Morgan fingerprint density at radius 1 is 1.38 bits per heavy atom. The fraction of sp³-hybridized carbons (Fsp3) is 0.500. The Hall–Kier alpha value is -1.29. The monoisotopic (exact) mass is 222 g/mol. The number of rotatable bonds is 2. The predicted octanol–water partition coefficient (Wildman–Crippen LogP) is 1.92. The van der Waals surface area contributed by atoms with Crippen LogP contribution in [0.5, 0.6) is 0 Å². The zero-order chi connectivity index (χ0) is 11.5. The van der Waals surface area contributed by atoms with Crippen LogP contribution in [0.1, 0.15) is 36.0 Å². The van der Waals surface area contributed by atoms with Crippen molar-refractivity contribution in [1.82, 2.24) is 4.98 Å². The standard InChI is InChI=1S/C12H15FN2O/c13-11-7-15-6-5-10(11)12(16)8-1-3-9(14)4-2-8/h5-9H,1-4,14H2. The van der Waals surface area contributed by atoms with Gasteiger partial charge in [0.15, 0.2) is 11.6 Å². The fourth-order valence-electron chi connectivity index (χ4n) is 2.18. The largest absolute Gasteiger partial charge is 0.328 e. The van der Waals surface area contributed by atoms with E-state index >= 15 is 0 Å². The van der Waals surface area contributed by atoms with Gasteiger partial charge in [-0.1, -0.05) is 0 Å². The van der Waals surface area contributed by atoms with Gasteiger partial charge in [0.05, 0.1) is 11.8 Å². The molecule has 0 bridgehead atoms. The van der Waals surface area contributed by atoms with Crippen molar-refractivity contribution in [3.63, 3.8) is 0 Å². The lowest BCUT2D eigenvalue weighted by Gasteiger charge is -2.24. The molecule has 0 saturated heterocycles. The normalized spacial score (nSPS) is 25.4.